The van der Waals surface area contributed by atoms with Gasteiger partial charge in [-0.15, -0.1) is 0 Å². The minimum atomic E-state index is -2.90. The predicted molar refractivity (Wildman–Crippen MR) is 99.3 cm³/mol. The zero-order chi connectivity index (χ0) is 20.5. The van der Waals surface area contributed by atoms with Crippen LogP contribution < -0.4 is 14.8 Å². The van der Waals surface area contributed by atoms with Crippen molar-refractivity contribution < 1.29 is 32.6 Å². The zero-order valence-corrected chi connectivity index (χ0v) is 15.2. The van der Waals surface area contributed by atoms with Gasteiger partial charge in [0.05, 0.1) is 7.11 Å². The van der Waals surface area contributed by atoms with Crippen LogP contribution in [0.1, 0.15) is 12.5 Å². The first-order valence-electron chi connectivity index (χ1n) is 8.26. The lowest BCUT2D eigenvalue weighted by Crippen LogP contribution is -2.29. The summed E-state index contributed by atoms with van der Waals surface area (Å²) in [5.74, 6) is -0.541. The monoisotopic (exact) mass is 391 g/mol. The van der Waals surface area contributed by atoms with Gasteiger partial charge in [0.2, 0.25) is 0 Å². The molecule has 0 unspecified atom stereocenters. The number of amides is 1. The highest BCUT2D eigenvalue weighted by Gasteiger charge is 2.16. The summed E-state index contributed by atoms with van der Waals surface area (Å²) < 4.78 is 38.5. The normalized spacial score (nSPS) is 11.9. The lowest BCUT2D eigenvalue weighted by atomic mass is 10.2. The van der Waals surface area contributed by atoms with Crippen LogP contribution in [0.5, 0.6) is 11.5 Å². The molecule has 0 fully saturated rings. The fourth-order valence-electron chi connectivity index (χ4n) is 2.11. The molecule has 2 aromatic carbocycles. The van der Waals surface area contributed by atoms with E-state index in [0.29, 0.717) is 17.0 Å². The van der Waals surface area contributed by atoms with Crippen LogP contribution in [0.4, 0.5) is 14.5 Å². The third-order valence-corrected chi connectivity index (χ3v) is 3.54. The molecule has 0 aliphatic heterocycles. The molecule has 0 aliphatic rings. The Balaban J connectivity index is 1.85. The van der Waals surface area contributed by atoms with E-state index in [2.05, 4.69) is 10.1 Å². The van der Waals surface area contributed by atoms with Crippen LogP contribution in [0, 0.1) is 0 Å². The molecule has 1 N–H and O–H groups in total. The molecule has 148 valence electrons. The molecule has 0 saturated carbocycles. The van der Waals surface area contributed by atoms with Gasteiger partial charge in [-0.3, -0.25) is 4.79 Å². The summed E-state index contributed by atoms with van der Waals surface area (Å²) in [6.07, 6.45) is 1.56. The summed E-state index contributed by atoms with van der Waals surface area (Å²) in [5, 5.41) is 2.62. The number of carbonyl (C=O) groups is 2. The first-order chi connectivity index (χ1) is 13.4. The van der Waals surface area contributed by atoms with Gasteiger partial charge in [-0.2, -0.15) is 8.78 Å². The van der Waals surface area contributed by atoms with Crippen LogP contribution in [0.15, 0.2) is 54.6 Å². The van der Waals surface area contributed by atoms with Crippen LogP contribution in [0.3, 0.4) is 0 Å². The van der Waals surface area contributed by atoms with Gasteiger partial charge in [-0.05, 0) is 55.0 Å². The quantitative estimate of drug-likeness (QED) is 0.546. The first-order valence-corrected chi connectivity index (χ1v) is 8.26. The third-order valence-electron chi connectivity index (χ3n) is 3.54. The van der Waals surface area contributed by atoms with Crippen LogP contribution >= 0.6 is 0 Å². The number of alkyl halides is 2. The molecule has 28 heavy (non-hydrogen) atoms. The Labute approximate surface area is 160 Å². The van der Waals surface area contributed by atoms with Gasteiger partial charge in [0.15, 0.2) is 6.10 Å². The number of hydrogen-bond acceptors (Lipinski definition) is 5. The van der Waals surface area contributed by atoms with Gasteiger partial charge in [0, 0.05) is 11.8 Å². The predicted octanol–water partition coefficient (Wildman–Crippen LogP) is 3.88. The van der Waals surface area contributed by atoms with Crippen molar-refractivity contribution in [3.63, 3.8) is 0 Å². The molecule has 0 saturated heterocycles. The first kappa shape index (κ1) is 20.9. The molecule has 8 heteroatoms. The van der Waals surface area contributed by atoms with Crippen LogP contribution in [-0.4, -0.2) is 31.7 Å². The van der Waals surface area contributed by atoms with Crippen LogP contribution in [-0.2, 0) is 14.3 Å². The van der Waals surface area contributed by atoms with E-state index in [1.54, 1.807) is 24.3 Å². The molecule has 0 radical (unpaired) electrons. The average Bonchev–Trinajstić information content (AvgIpc) is 2.67. The highest BCUT2D eigenvalue weighted by atomic mass is 19.3. The van der Waals surface area contributed by atoms with E-state index in [0.717, 1.165) is 6.08 Å². The van der Waals surface area contributed by atoms with E-state index in [4.69, 9.17) is 9.47 Å². The Morgan fingerprint density at radius 2 is 1.61 bits per heavy atom. The van der Waals surface area contributed by atoms with E-state index in [-0.39, 0.29) is 5.75 Å². The third kappa shape index (κ3) is 6.71. The molecule has 1 atom stereocenters. The minimum absolute atomic E-state index is 0.0125. The van der Waals surface area contributed by atoms with Crippen molar-refractivity contribution in [2.45, 2.75) is 19.6 Å². The topological polar surface area (TPSA) is 73.9 Å². The Morgan fingerprint density at radius 1 is 1.00 bits per heavy atom. The number of benzene rings is 2. The number of nitrogens with one attached hydrogen (secondary N) is 1. The lowest BCUT2D eigenvalue weighted by molar-refractivity contribution is -0.148. The molecular formula is C20H19F2NO5. The average molecular weight is 391 g/mol. The minimum Gasteiger partial charge on any atom is -0.497 e. The number of esters is 1. The molecule has 2 rings (SSSR count). The van der Waals surface area contributed by atoms with Gasteiger partial charge in [0.25, 0.3) is 5.91 Å². The number of halogens is 2. The van der Waals surface area contributed by atoms with Crippen molar-refractivity contribution in [1.29, 1.82) is 0 Å². The Bertz CT molecular complexity index is 819. The Hall–Kier alpha value is -3.42. The van der Waals surface area contributed by atoms with Crippen LogP contribution in [0.25, 0.3) is 6.08 Å². The SMILES string of the molecule is COc1ccc(NC(=O)[C@@H](C)OC(=O)/C=C/c2ccc(OC(F)F)cc2)cc1. The van der Waals surface area contributed by atoms with Crippen LogP contribution in [0.2, 0.25) is 0 Å². The van der Waals surface area contributed by atoms with E-state index in [9.17, 15) is 18.4 Å². The summed E-state index contributed by atoms with van der Waals surface area (Å²) in [7, 11) is 1.54. The van der Waals surface area contributed by atoms with E-state index in [1.165, 1.54) is 44.4 Å². The van der Waals surface area contributed by atoms with Crippen molar-refractivity contribution >= 4 is 23.6 Å². The smallest absolute Gasteiger partial charge is 0.387 e. The summed E-state index contributed by atoms with van der Waals surface area (Å²) in [6, 6.07) is 12.4. The van der Waals surface area contributed by atoms with E-state index < -0.39 is 24.6 Å². The standard InChI is InChI=1S/C20H19F2NO5/c1-13(19(25)23-15-6-10-16(26-2)11-7-15)27-18(24)12-5-14-3-8-17(9-4-14)28-20(21)22/h3-13,20H,1-2H3,(H,23,25)/b12-5+/t13-/m1/s1. The molecule has 0 spiro atoms. The summed E-state index contributed by atoms with van der Waals surface area (Å²) in [5.41, 5.74) is 1.12. The van der Waals surface area contributed by atoms with Crippen molar-refractivity contribution in [3.05, 3.63) is 60.2 Å². The van der Waals surface area contributed by atoms with E-state index in [1.807, 2.05) is 0 Å². The summed E-state index contributed by atoms with van der Waals surface area (Å²) in [6.45, 7) is -1.46. The summed E-state index contributed by atoms with van der Waals surface area (Å²) >= 11 is 0. The number of methoxy groups -OCH3 is 1. The van der Waals surface area contributed by atoms with Crippen molar-refractivity contribution in [2.24, 2.45) is 0 Å². The second-order valence-electron chi connectivity index (χ2n) is 5.58. The molecule has 1 amide bonds. The molecule has 0 aromatic heterocycles. The summed E-state index contributed by atoms with van der Waals surface area (Å²) in [4.78, 5) is 23.9. The highest BCUT2D eigenvalue weighted by Crippen LogP contribution is 2.16. The maximum atomic E-state index is 12.1. The van der Waals surface area contributed by atoms with Gasteiger partial charge < -0.3 is 19.5 Å². The molecule has 6 nitrogen and oxygen atoms in total. The van der Waals surface area contributed by atoms with E-state index >= 15 is 0 Å². The van der Waals surface area contributed by atoms with Gasteiger partial charge in [-0.1, -0.05) is 12.1 Å². The van der Waals surface area contributed by atoms with Gasteiger partial charge in [-0.25, -0.2) is 4.79 Å². The molecule has 2 aromatic rings. The second-order valence-corrected chi connectivity index (χ2v) is 5.58. The Kier molecular flexibility index (Phi) is 7.50. The molecule has 0 aliphatic carbocycles. The van der Waals surface area contributed by atoms with Crippen molar-refractivity contribution in [2.75, 3.05) is 12.4 Å². The lowest BCUT2D eigenvalue weighted by Gasteiger charge is -2.12. The largest absolute Gasteiger partial charge is 0.497 e. The zero-order valence-electron chi connectivity index (χ0n) is 15.2. The number of hydrogen-bond donors (Lipinski definition) is 1. The number of ether oxygens (including phenoxy) is 3. The fourth-order valence-corrected chi connectivity index (χ4v) is 2.11. The molecule has 0 bridgehead atoms. The van der Waals surface area contributed by atoms with Gasteiger partial charge in [0.1, 0.15) is 11.5 Å². The van der Waals surface area contributed by atoms with Crippen molar-refractivity contribution in [1.82, 2.24) is 0 Å². The molecule has 0 heterocycles. The maximum absolute atomic E-state index is 12.1. The second kappa shape index (κ2) is 10.1. The van der Waals surface area contributed by atoms with Gasteiger partial charge >= 0.3 is 12.6 Å². The maximum Gasteiger partial charge on any atom is 0.387 e. The highest BCUT2D eigenvalue weighted by molar-refractivity contribution is 5.96. The fraction of sp³-hybridized carbons (Fsp3) is 0.200. The molecular weight excluding hydrogens is 372 g/mol. The number of rotatable bonds is 8. The number of anilines is 1. The number of carbonyl (C=O) groups excluding carboxylic acids is 2. The van der Waals surface area contributed by atoms with Crippen molar-refractivity contribution in [3.8, 4) is 11.5 Å². The Morgan fingerprint density at radius 3 is 2.18 bits per heavy atom.